The quantitative estimate of drug-likeness (QED) is 0.871. The van der Waals surface area contributed by atoms with Gasteiger partial charge in [0, 0.05) is 18.8 Å². The molecule has 1 aromatic rings. The fourth-order valence-electron chi connectivity index (χ4n) is 2.25. The van der Waals surface area contributed by atoms with E-state index in [-0.39, 0.29) is 11.4 Å². The maximum atomic E-state index is 12.2. The summed E-state index contributed by atoms with van der Waals surface area (Å²) in [5, 5.41) is 3.06. The SMILES string of the molecule is Cc1ccc(C(N)C(=O)NC2(C)CCOCC2)cc1. The Morgan fingerprint density at radius 1 is 1.32 bits per heavy atom. The molecule has 104 valence electrons. The van der Waals surface area contributed by atoms with Crippen LogP contribution >= 0.6 is 0 Å². The predicted molar refractivity (Wildman–Crippen MR) is 74.7 cm³/mol. The third-order valence-corrected chi connectivity index (χ3v) is 3.74. The number of aryl methyl sites for hydroxylation is 1. The highest BCUT2D eigenvalue weighted by atomic mass is 16.5. The van der Waals surface area contributed by atoms with Gasteiger partial charge in [-0.1, -0.05) is 29.8 Å². The molecule has 0 saturated carbocycles. The molecule has 4 nitrogen and oxygen atoms in total. The van der Waals surface area contributed by atoms with Crippen LogP contribution in [0.15, 0.2) is 24.3 Å². The van der Waals surface area contributed by atoms with Crippen LogP contribution in [-0.4, -0.2) is 24.7 Å². The second kappa shape index (κ2) is 5.72. The third-order valence-electron chi connectivity index (χ3n) is 3.74. The Morgan fingerprint density at radius 2 is 1.89 bits per heavy atom. The predicted octanol–water partition coefficient (Wildman–Crippen LogP) is 1.68. The molecule has 0 bridgehead atoms. The van der Waals surface area contributed by atoms with Crippen molar-refractivity contribution in [3.8, 4) is 0 Å². The van der Waals surface area contributed by atoms with Crippen LogP contribution in [0.1, 0.15) is 36.9 Å². The summed E-state index contributed by atoms with van der Waals surface area (Å²) in [6.07, 6.45) is 1.67. The number of rotatable bonds is 3. The van der Waals surface area contributed by atoms with Crippen LogP contribution in [-0.2, 0) is 9.53 Å². The van der Waals surface area contributed by atoms with E-state index in [4.69, 9.17) is 10.5 Å². The summed E-state index contributed by atoms with van der Waals surface area (Å²) in [7, 11) is 0. The molecular formula is C15H22N2O2. The van der Waals surface area contributed by atoms with Crippen LogP contribution in [0.4, 0.5) is 0 Å². The third kappa shape index (κ3) is 3.55. The molecule has 3 N–H and O–H groups in total. The number of carbonyl (C=O) groups excluding carboxylic acids is 1. The zero-order valence-corrected chi connectivity index (χ0v) is 11.6. The fourth-order valence-corrected chi connectivity index (χ4v) is 2.25. The van der Waals surface area contributed by atoms with Crippen molar-refractivity contribution in [2.45, 2.75) is 38.3 Å². The molecule has 1 fully saturated rings. The average Bonchev–Trinajstić information content (AvgIpc) is 2.39. The van der Waals surface area contributed by atoms with Crippen molar-refractivity contribution in [1.29, 1.82) is 0 Å². The van der Waals surface area contributed by atoms with Gasteiger partial charge in [-0.3, -0.25) is 4.79 Å². The molecule has 1 aromatic carbocycles. The van der Waals surface area contributed by atoms with E-state index in [1.165, 1.54) is 0 Å². The first-order valence-electron chi connectivity index (χ1n) is 6.72. The second-order valence-electron chi connectivity index (χ2n) is 5.55. The van der Waals surface area contributed by atoms with E-state index in [1.54, 1.807) is 0 Å². The lowest BCUT2D eigenvalue weighted by atomic mass is 9.91. The van der Waals surface area contributed by atoms with Gasteiger partial charge >= 0.3 is 0 Å². The van der Waals surface area contributed by atoms with Crippen molar-refractivity contribution in [2.24, 2.45) is 5.73 Å². The molecule has 1 heterocycles. The fraction of sp³-hybridized carbons (Fsp3) is 0.533. The summed E-state index contributed by atoms with van der Waals surface area (Å²) in [4.78, 5) is 12.2. The highest BCUT2D eigenvalue weighted by molar-refractivity contribution is 5.83. The van der Waals surface area contributed by atoms with Gasteiger partial charge in [0.2, 0.25) is 5.91 Å². The van der Waals surface area contributed by atoms with Crippen LogP contribution < -0.4 is 11.1 Å². The number of ether oxygens (including phenoxy) is 1. The molecule has 1 atom stereocenters. The topological polar surface area (TPSA) is 64.4 Å². The Bertz CT molecular complexity index is 436. The average molecular weight is 262 g/mol. The molecule has 0 aliphatic carbocycles. The minimum atomic E-state index is -0.611. The lowest BCUT2D eigenvalue weighted by Crippen LogP contribution is -2.52. The maximum absolute atomic E-state index is 12.2. The highest BCUT2D eigenvalue weighted by Gasteiger charge is 2.30. The van der Waals surface area contributed by atoms with Crippen molar-refractivity contribution in [3.63, 3.8) is 0 Å². The molecule has 1 aliphatic heterocycles. The van der Waals surface area contributed by atoms with Crippen molar-refractivity contribution >= 4 is 5.91 Å². The van der Waals surface area contributed by atoms with Gasteiger partial charge < -0.3 is 15.8 Å². The Kier molecular flexibility index (Phi) is 4.22. The summed E-state index contributed by atoms with van der Waals surface area (Å²) in [6, 6.07) is 7.15. The Hall–Kier alpha value is -1.39. The van der Waals surface area contributed by atoms with Gasteiger partial charge in [-0.15, -0.1) is 0 Å². The number of hydrogen-bond donors (Lipinski definition) is 2. The lowest BCUT2D eigenvalue weighted by molar-refractivity contribution is -0.125. The van der Waals surface area contributed by atoms with E-state index >= 15 is 0 Å². The van der Waals surface area contributed by atoms with E-state index < -0.39 is 6.04 Å². The summed E-state index contributed by atoms with van der Waals surface area (Å²) >= 11 is 0. The van der Waals surface area contributed by atoms with Crippen molar-refractivity contribution in [3.05, 3.63) is 35.4 Å². The summed E-state index contributed by atoms with van der Waals surface area (Å²) < 4.78 is 5.32. The van der Waals surface area contributed by atoms with Gasteiger partial charge in [0.05, 0.1) is 0 Å². The van der Waals surface area contributed by atoms with Crippen LogP contribution in [0.25, 0.3) is 0 Å². The molecule has 19 heavy (non-hydrogen) atoms. The number of nitrogens with one attached hydrogen (secondary N) is 1. The van der Waals surface area contributed by atoms with E-state index in [0.717, 1.165) is 24.0 Å². The van der Waals surface area contributed by atoms with Crippen molar-refractivity contribution in [2.75, 3.05) is 13.2 Å². The Labute approximate surface area is 114 Å². The number of amides is 1. The standard InChI is InChI=1S/C15H22N2O2/c1-11-3-5-12(6-4-11)13(16)14(18)17-15(2)7-9-19-10-8-15/h3-6,13H,7-10,16H2,1-2H3,(H,17,18). The molecule has 1 saturated heterocycles. The largest absolute Gasteiger partial charge is 0.381 e. The first-order chi connectivity index (χ1) is 9.00. The Balaban J connectivity index is 2.00. The monoisotopic (exact) mass is 262 g/mol. The normalized spacial score (nSPS) is 19.7. The maximum Gasteiger partial charge on any atom is 0.241 e. The molecule has 1 unspecified atom stereocenters. The smallest absolute Gasteiger partial charge is 0.241 e. The number of carbonyl (C=O) groups is 1. The Morgan fingerprint density at radius 3 is 2.47 bits per heavy atom. The minimum Gasteiger partial charge on any atom is -0.381 e. The first kappa shape index (κ1) is 14.0. The molecular weight excluding hydrogens is 240 g/mol. The summed E-state index contributed by atoms with van der Waals surface area (Å²) in [5.74, 6) is -0.117. The van der Waals surface area contributed by atoms with E-state index in [1.807, 2.05) is 31.2 Å². The molecule has 1 amide bonds. The molecule has 0 aromatic heterocycles. The zero-order valence-electron chi connectivity index (χ0n) is 11.6. The highest BCUT2D eigenvalue weighted by Crippen LogP contribution is 2.21. The van der Waals surface area contributed by atoms with Gasteiger partial charge in [-0.05, 0) is 32.3 Å². The van der Waals surface area contributed by atoms with Crippen molar-refractivity contribution in [1.82, 2.24) is 5.32 Å². The molecule has 0 radical (unpaired) electrons. The van der Waals surface area contributed by atoms with E-state index in [0.29, 0.717) is 13.2 Å². The summed E-state index contributed by atoms with van der Waals surface area (Å²) in [5.41, 5.74) is 7.83. The summed E-state index contributed by atoms with van der Waals surface area (Å²) in [6.45, 7) is 5.45. The van der Waals surface area contributed by atoms with Crippen molar-refractivity contribution < 1.29 is 9.53 Å². The first-order valence-corrected chi connectivity index (χ1v) is 6.72. The number of nitrogens with two attached hydrogens (primary N) is 1. The molecule has 2 rings (SSSR count). The second-order valence-corrected chi connectivity index (χ2v) is 5.55. The minimum absolute atomic E-state index is 0.117. The van der Waals surface area contributed by atoms with E-state index in [9.17, 15) is 4.79 Å². The van der Waals surface area contributed by atoms with Gasteiger partial charge in [-0.2, -0.15) is 0 Å². The van der Waals surface area contributed by atoms with Crippen LogP contribution in [0.2, 0.25) is 0 Å². The van der Waals surface area contributed by atoms with E-state index in [2.05, 4.69) is 12.2 Å². The molecule has 0 spiro atoms. The zero-order chi connectivity index (χ0) is 13.9. The van der Waals surface area contributed by atoms with Gasteiger partial charge in [0.1, 0.15) is 6.04 Å². The van der Waals surface area contributed by atoms with Crippen LogP contribution in [0.3, 0.4) is 0 Å². The number of benzene rings is 1. The van der Waals surface area contributed by atoms with Gasteiger partial charge in [-0.25, -0.2) is 0 Å². The van der Waals surface area contributed by atoms with Crippen LogP contribution in [0, 0.1) is 6.92 Å². The van der Waals surface area contributed by atoms with Crippen LogP contribution in [0.5, 0.6) is 0 Å². The molecule has 4 heteroatoms. The number of hydrogen-bond acceptors (Lipinski definition) is 3. The van der Waals surface area contributed by atoms with Gasteiger partial charge in [0.25, 0.3) is 0 Å². The lowest BCUT2D eigenvalue weighted by Gasteiger charge is -2.35. The van der Waals surface area contributed by atoms with Gasteiger partial charge in [0.15, 0.2) is 0 Å². The molecule has 1 aliphatic rings.